The van der Waals surface area contributed by atoms with Gasteiger partial charge in [0.15, 0.2) is 0 Å². The van der Waals surface area contributed by atoms with E-state index in [4.69, 9.17) is 4.74 Å². The van der Waals surface area contributed by atoms with Crippen LogP contribution in [0.2, 0.25) is 0 Å². The Bertz CT molecular complexity index is 495. The van der Waals surface area contributed by atoms with Crippen molar-refractivity contribution in [2.45, 2.75) is 23.8 Å². The van der Waals surface area contributed by atoms with Gasteiger partial charge in [0, 0.05) is 32.4 Å². The van der Waals surface area contributed by atoms with Gasteiger partial charge in [-0.3, -0.25) is 5.10 Å². The van der Waals surface area contributed by atoms with Gasteiger partial charge in [0.1, 0.15) is 4.90 Å². The van der Waals surface area contributed by atoms with Gasteiger partial charge >= 0.3 is 0 Å². The normalized spacial score (nSPS) is 20.1. The molecule has 20 heavy (non-hydrogen) atoms. The number of nitrogens with one attached hydrogen (secondary N) is 1. The number of ether oxygens (including phenoxy) is 1. The van der Waals surface area contributed by atoms with Crippen LogP contribution in [0.3, 0.4) is 0 Å². The molecule has 1 aliphatic heterocycles. The lowest BCUT2D eigenvalue weighted by Crippen LogP contribution is -2.41. The zero-order valence-corrected chi connectivity index (χ0v) is 12.8. The minimum absolute atomic E-state index is 0.00108. The van der Waals surface area contributed by atoms with Crippen LogP contribution in [0.15, 0.2) is 17.3 Å². The summed E-state index contributed by atoms with van der Waals surface area (Å²) in [6.07, 6.45) is 4.66. The molecule has 1 N–H and O–H groups in total. The zero-order chi connectivity index (χ0) is 14.6. The quantitative estimate of drug-likeness (QED) is 0.775. The van der Waals surface area contributed by atoms with E-state index in [1.807, 2.05) is 19.0 Å². The fraction of sp³-hybridized carbons (Fsp3) is 0.750. The molecule has 1 unspecified atom stereocenters. The van der Waals surface area contributed by atoms with E-state index in [1.165, 1.54) is 16.7 Å². The highest BCUT2D eigenvalue weighted by Gasteiger charge is 2.29. The van der Waals surface area contributed by atoms with Crippen molar-refractivity contribution in [2.24, 2.45) is 0 Å². The first-order valence-electron chi connectivity index (χ1n) is 6.75. The Morgan fingerprint density at radius 1 is 1.45 bits per heavy atom. The van der Waals surface area contributed by atoms with Crippen LogP contribution in [0, 0.1) is 0 Å². The molecule has 8 heteroatoms. The predicted molar refractivity (Wildman–Crippen MR) is 74.9 cm³/mol. The van der Waals surface area contributed by atoms with E-state index < -0.39 is 10.0 Å². The molecule has 114 valence electrons. The molecule has 0 bridgehead atoms. The summed E-state index contributed by atoms with van der Waals surface area (Å²) in [6.45, 7) is 2.24. The molecule has 0 saturated carbocycles. The maximum atomic E-state index is 12.6. The standard InChI is InChI=1S/C12H22N4O3S/c1-15(2)5-6-16(10-11-4-3-7-19-11)20(17,18)12-8-13-14-9-12/h8-9,11H,3-7,10H2,1-2H3,(H,13,14). The number of aromatic amines is 1. The van der Waals surface area contributed by atoms with E-state index >= 15 is 0 Å². The van der Waals surface area contributed by atoms with Gasteiger partial charge in [-0.15, -0.1) is 0 Å². The molecule has 2 heterocycles. The van der Waals surface area contributed by atoms with Crippen LogP contribution in [-0.4, -0.2) is 74.3 Å². The van der Waals surface area contributed by atoms with Gasteiger partial charge in [-0.05, 0) is 26.9 Å². The second kappa shape index (κ2) is 6.66. The van der Waals surface area contributed by atoms with Crippen molar-refractivity contribution in [3.05, 3.63) is 12.4 Å². The summed E-state index contributed by atoms with van der Waals surface area (Å²) in [6, 6.07) is 0. The molecule has 1 aliphatic rings. The molecule has 7 nitrogen and oxygen atoms in total. The average Bonchev–Trinajstić information content (AvgIpc) is 3.06. The molecular formula is C12H22N4O3S. The molecule has 0 radical (unpaired) electrons. The van der Waals surface area contributed by atoms with E-state index in [1.54, 1.807) is 0 Å². The summed E-state index contributed by atoms with van der Waals surface area (Å²) < 4.78 is 32.2. The second-order valence-corrected chi connectivity index (χ2v) is 7.17. The van der Waals surface area contributed by atoms with Crippen LogP contribution in [0.4, 0.5) is 0 Å². The second-order valence-electron chi connectivity index (χ2n) is 5.24. The Balaban J connectivity index is 2.12. The van der Waals surface area contributed by atoms with Crippen molar-refractivity contribution < 1.29 is 13.2 Å². The molecule has 0 aliphatic carbocycles. The van der Waals surface area contributed by atoms with Gasteiger partial charge in [-0.1, -0.05) is 0 Å². The third-order valence-corrected chi connectivity index (χ3v) is 5.17. The van der Waals surface area contributed by atoms with Gasteiger partial charge in [-0.2, -0.15) is 9.40 Å². The number of nitrogens with zero attached hydrogens (tertiary/aromatic N) is 3. The molecule has 1 saturated heterocycles. The highest BCUT2D eigenvalue weighted by molar-refractivity contribution is 7.89. The summed E-state index contributed by atoms with van der Waals surface area (Å²) in [4.78, 5) is 2.17. The van der Waals surface area contributed by atoms with Gasteiger partial charge in [0.25, 0.3) is 0 Å². The largest absolute Gasteiger partial charge is 0.377 e. The lowest BCUT2D eigenvalue weighted by molar-refractivity contribution is 0.0925. The Kier molecular flexibility index (Phi) is 5.14. The van der Waals surface area contributed by atoms with E-state index in [9.17, 15) is 8.42 Å². The zero-order valence-electron chi connectivity index (χ0n) is 11.9. The first-order chi connectivity index (χ1) is 9.50. The molecular weight excluding hydrogens is 280 g/mol. The van der Waals surface area contributed by atoms with Crippen molar-refractivity contribution in [3.8, 4) is 0 Å². The first kappa shape index (κ1) is 15.4. The molecule has 0 aromatic carbocycles. The van der Waals surface area contributed by atoms with E-state index in [0.717, 1.165) is 19.4 Å². The molecule has 0 amide bonds. The van der Waals surface area contributed by atoms with Gasteiger partial charge < -0.3 is 9.64 Å². The number of likely N-dealkylation sites (N-methyl/N-ethyl adjacent to an activating group) is 1. The van der Waals surface area contributed by atoms with Crippen molar-refractivity contribution in [2.75, 3.05) is 40.3 Å². The SMILES string of the molecule is CN(C)CCN(CC1CCCO1)S(=O)(=O)c1cn[nH]c1. The summed E-state index contributed by atoms with van der Waals surface area (Å²) in [5, 5.41) is 6.28. The van der Waals surface area contributed by atoms with Crippen molar-refractivity contribution in [3.63, 3.8) is 0 Å². The summed E-state index contributed by atoms with van der Waals surface area (Å²) >= 11 is 0. The van der Waals surface area contributed by atoms with Crippen LogP contribution in [0.5, 0.6) is 0 Å². The maximum Gasteiger partial charge on any atom is 0.246 e. The highest BCUT2D eigenvalue weighted by atomic mass is 32.2. The highest BCUT2D eigenvalue weighted by Crippen LogP contribution is 2.19. The minimum Gasteiger partial charge on any atom is -0.377 e. The number of H-pyrrole nitrogens is 1. The van der Waals surface area contributed by atoms with Crippen LogP contribution in [-0.2, 0) is 14.8 Å². The smallest absolute Gasteiger partial charge is 0.246 e. The third kappa shape index (κ3) is 3.78. The number of aromatic nitrogens is 2. The molecule has 0 spiro atoms. The Morgan fingerprint density at radius 3 is 2.80 bits per heavy atom. The van der Waals surface area contributed by atoms with Crippen LogP contribution in [0.25, 0.3) is 0 Å². The molecule has 1 aromatic heterocycles. The molecule has 2 rings (SSSR count). The Hall–Kier alpha value is -0.960. The predicted octanol–water partition coefficient (Wildman–Crippen LogP) is 0.141. The molecule has 1 fully saturated rings. The molecule has 1 aromatic rings. The average molecular weight is 302 g/mol. The number of sulfonamides is 1. The minimum atomic E-state index is -3.51. The Morgan fingerprint density at radius 2 is 2.25 bits per heavy atom. The third-order valence-electron chi connectivity index (χ3n) is 3.34. The van der Waals surface area contributed by atoms with Crippen LogP contribution < -0.4 is 0 Å². The monoisotopic (exact) mass is 302 g/mol. The fourth-order valence-electron chi connectivity index (χ4n) is 2.17. The topological polar surface area (TPSA) is 78.5 Å². The van der Waals surface area contributed by atoms with E-state index in [-0.39, 0.29) is 11.0 Å². The summed E-state index contributed by atoms with van der Waals surface area (Å²) in [5.74, 6) is 0. The van der Waals surface area contributed by atoms with Crippen molar-refractivity contribution in [1.29, 1.82) is 0 Å². The van der Waals surface area contributed by atoms with Gasteiger partial charge in [0.05, 0.1) is 12.3 Å². The number of rotatable bonds is 7. The lowest BCUT2D eigenvalue weighted by atomic mass is 10.2. The lowest BCUT2D eigenvalue weighted by Gasteiger charge is -2.25. The van der Waals surface area contributed by atoms with Crippen LogP contribution >= 0.6 is 0 Å². The number of hydrogen-bond donors (Lipinski definition) is 1. The van der Waals surface area contributed by atoms with E-state index in [2.05, 4.69) is 10.2 Å². The first-order valence-corrected chi connectivity index (χ1v) is 8.19. The van der Waals surface area contributed by atoms with Crippen molar-refractivity contribution in [1.82, 2.24) is 19.4 Å². The number of hydrogen-bond acceptors (Lipinski definition) is 5. The fourth-order valence-corrected chi connectivity index (χ4v) is 3.54. The maximum absolute atomic E-state index is 12.6. The Labute approximate surface area is 120 Å². The summed E-state index contributed by atoms with van der Waals surface area (Å²) in [5.41, 5.74) is 0. The van der Waals surface area contributed by atoms with Gasteiger partial charge in [0.2, 0.25) is 10.0 Å². The van der Waals surface area contributed by atoms with Crippen molar-refractivity contribution >= 4 is 10.0 Å². The summed E-state index contributed by atoms with van der Waals surface area (Å²) in [7, 11) is 0.343. The molecule has 1 atom stereocenters. The van der Waals surface area contributed by atoms with Gasteiger partial charge in [-0.25, -0.2) is 8.42 Å². The van der Waals surface area contributed by atoms with Crippen LogP contribution in [0.1, 0.15) is 12.8 Å². The van der Waals surface area contributed by atoms with E-state index in [0.29, 0.717) is 19.6 Å².